The molecule has 0 aromatic carbocycles. The van der Waals surface area contributed by atoms with Crippen molar-refractivity contribution >= 4 is 16.6 Å². The zero-order valence-corrected chi connectivity index (χ0v) is 13.1. The lowest BCUT2D eigenvalue weighted by Crippen LogP contribution is -2.47. The first-order valence-electron chi connectivity index (χ1n) is 6.45. The van der Waals surface area contributed by atoms with Crippen LogP contribution in [0.1, 0.15) is 34.6 Å². The summed E-state index contributed by atoms with van der Waals surface area (Å²) in [4.78, 5) is 12.1. The van der Waals surface area contributed by atoms with Crippen molar-refractivity contribution < 1.29 is 23.6 Å². The molecule has 3 atom stereocenters. The lowest BCUT2D eigenvalue weighted by Gasteiger charge is -2.31. The van der Waals surface area contributed by atoms with Gasteiger partial charge >= 0.3 is 0 Å². The molecule has 1 aliphatic heterocycles. The Kier molecular flexibility index (Phi) is 5.28. The molecule has 112 valence electrons. The molecule has 5 nitrogen and oxygen atoms in total. The van der Waals surface area contributed by atoms with Crippen LogP contribution in [0.5, 0.6) is 0 Å². The van der Waals surface area contributed by atoms with E-state index in [0.717, 1.165) is 0 Å². The van der Waals surface area contributed by atoms with Crippen LogP contribution in [0.15, 0.2) is 0 Å². The molecule has 0 bridgehead atoms. The predicted molar refractivity (Wildman–Crippen MR) is 73.2 cm³/mol. The van der Waals surface area contributed by atoms with Crippen LogP contribution >= 0.6 is 0 Å². The van der Waals surface area contributed by atoms with Crippen molar-refractivity contribution in [2.24, 2.45) is 5.92 Å². The second-order valence-corrected chi connectivity index (χ2v) is 8.22. The van der Waals surface area contributed by atoms with Gasteiger partial charge in [-0.05, 0) is 27.7 Å². The Morgan fingerprint density at radius 1 is 1.37 bits per heavy atom. The molecule has 0 radical (unpaired) electrons. The van der Waals surface area contributed by atoms with Crippen LogP contribution in [0.4, 0.5) is 0 Å². The first kappa shape index (κ1) is 16.8. The number of aliphatic hydroxyl groups excluding tert-OH is 1. The van der Waals surface area contributed by atoms with E-state index in [1.165, 1.54) is 0 Å². The van der Waals surface area contributed by atoms with E-state index in [2.05, 4.69) is 0 Å². The third-order valence-electron chi connectivity index (χ3n) is 3.34. The van der Waals surface area contributed by atoms with Crippen molar-refractivity contribution in [1.29, 1.82) is 0 Å². The summed E-state index contributed by atoms with van der Waals surface area (Å²) < 4.78 is 22.2. The van der Waals surface area contributed by atoms with Gasteiger partial charge < -0.3 is 14.6 Å². The van der Waals surface area contributed by atoms with Crippen molar-refractivity contribution in [2.75, 3.05) is 19.0 Å². The second kappa shape index (κ2) is 5.99. The van der Waals surface area contributed by atoms with E-state index >= 15 is 0 Å². The number of ketones is 1. The van der Waals surface area contributed by atoms with E-state index in [0.29, 0.717) is 13.2 Å². The van der Waals surface area contributed by atoms with Gasteiger partial charge in [0, 0.05) is 21.5 Å². The lowest BCUT2D eigenvalue weighted by molar-refractivity contribution is -0.218. The molecule has 1 heterocycles. The van der Waals surface area contributed by atoms with E-state index in [1.54, 1.807) is 13.8 Å². The monoisotopic (exact) mass is 292 g/mol. The van der Waals surface area contributed by atoms with Crippen LogP contribution in [0.3, 0.4) is 0 Å². The quantitative estimate of drug-likeness (QED) is 0.814. The van der Waals surface area contributed by atoms with Crippen LogP contribution in [-0.2, 0) is 25.1 Å². The third kappa shape index (κ3) is 4.08. The number of carbonyl (C=O) groups excluding carboxylic acids is 1. The summed E-state index contributed by atoms with van der Waals surface area (Å²) >= 11 is 0. The predicted octanol–water partition coefficient (Wildman–Crippen LogP) is 0.863. The van der Waals surface area contributed by atoms with Gasteiger partial charge in [0.2, 0.25) is 0 Å². The molecule has 1 saturated heterocycles. The standard InChI is InChI=1S/C13H24O5S/c1-9(10(14)8-19(16)12(2,3)4)11(15)13(5)17-6-7-18-13/h9,11,15H,6-8H2,1-5H3/t9-,11+,19?/m0/s1. The number of ether oxygens (including phenoxy) is 2. The largest absolute Gasteiger partial charge is 0.387 e. The summed E-state index contributed by atoms with van der Waals surface area (Å²) in [6.07, 6.45) is -1.06. The molecule has 0 aromatic heterocycles. The highest BCUT2D eigenvalue weighted by atomic mass is 32.2. The van der Waals surface area contributed by atoms with E-state index in [-0.39, 0.29) is 11.5 Å². The van der Waals surface area contributed by atoms with Crippen LogP contribution in [0, 0.1) is 5.92 Å². The summed E-state index contributed by atoms with van der Waals surface area (Å²) in [6.45, 7) is 9.51. The molecule has 1 N–H and O–H groups in total. The van der Waals surface area contributed by atoms with Gasteiger partial charge in [-0.3, -0.25) is 9.00 Å². The zero-order valence-electron chi connectivity index (χ0n) is 12.3. The number of carbonyl (C=O) groups is 1. The van der Waals surface area contributed by atoms with Gasteiger partial charge in [0.1, 0.15) is 6.10 Å². The Labute approximate surface area is 117 Å². The molecule has 6 heteroatoms. The summed E-state index contributed by atoms with van der Waals surface area (Å²) in [5.74, 6) is -2.11. The number of aliphatic hydroxyl groups is 1. The van der Waals surface area contributed by atoms with Gasteiger partial charge in [0.25, 0.3) is 0 Å². The minimum Gasteiger partial charge on any atom is -0.387 e. The van der Waals surface area contributed by atoms with Gasteiger partial charge in [-0.1, -0.05) is 6.92 Å². The first-order chi connectivity index (χ1) is 8.58. The molecule has 1 fully saturated rings. The minimum absolute atomic E-state index is 0.0577. The van der Waals surface area contributed by atoms with Gasteiger partial charge in [-0.15, -0.1) is 0 Å². The van der Waals surface area contributed by atoms with E-state index in [9.17, 15) is 14.1 Å². The molecule has 1 rings (SSSR count). The van der Waals surface area contributed by atoms with E-state index in [1.807, 2.05) is 20.8 Å². The molecule has 19 heavy (non-hydrogen) atoms. The molecule has 0 aromatic rings. The smallest absolute Gasteiger partial charge is 0.192 e. The van der Waals surface area contributed by atoms with Crippen LogP contribution < -0.4 is 0 Å². The van der Waals surface area contributed by atoms with Crippen molar-refractivity contribution in [3.63, 3.8) is 0 Å². The molecule has 0 amide bonds. The fourth-order valence-electron chi connectivity index (χ4n) is 1.81. The van der Waals surface area contributed by atoms with Crippen LogP contribution in [0.2, 0.25) is 0 Å². The highest BCUT2D eigenvalue weighted by Crippen LogP contribution is 2.28. The molecule has 0 aliphatic carbocycles. The van der Waals surface area contributed by atoms with E-state index < -0.39 is 33.4 Å². The maximum Gasteiger partial charge on any atom is 0.192 e. The van der Waals surface area contributed by atoms with Gasteiger partial charge in [0.05, 0.1) is 19.0 Å². The Morgan fingerprint density at radius 2 is 1.84 bits per heavy atom. The average molecular weight is 292 g/mol. The molecule has 1 unspecified atom stereocenters. The average Bonchev–Trinajstić information content (AvgIpc) is 2.74. The maximum absolute atomic E-state index is 12.1. The number of Topliss-reactive ketones (excluding diaryl/α,β-unsaturated/α-hetero) is 1. The Bertz CT molecular complexity index is 355. The highest BCUT2D eigenvalue weighted by molar-refractivity contribution is 7.87. The Balaban J connectivity index is 2.64. The fraction of sp³-hybridized carbons (Fsp3) is 0.923. The Hall–Kier alpha value is -0.300. The molecule has 0 saturated carbocycles. The van der Waals surface area contributed by atoms with Crippen LogP contribution in [-0.4, -0.2) is 50.7 Å². The van der Waals surface area contributed by atoms with Crippen molar-refractivity contribution in [2.45, 2.75) is 51.3 Å². The number of rotatable bonds is 5. The van der Waals surface area contributed by atoms with Gasteiger partial charge in [0.15, 0.2) is 11.6 Å². The highest BCUT2D eigenvalue weighted by Gasteiger charge is 2.44. The third-order valence-corrected chi connectivity index (χ3v) is 5.25. The SMILES string of the molecule is C[C@@H](C(=O)CS(=O)C(C)(C)C)[C@@H](O)C1(C)OCCO1. The minimum atomic E-state index is -1.26. The number of hydrogen-bond acceptors (Lipinski definition) is 5. The Morgan fingerprint density at radius 3 is 2.26 bits per heavy atom. The molecular weight excluding hydrogens is 268 g/mol. The summed E-state index contributed by atoms with van der Waals surface area (Å²) in [5, 5.41) is 10.2. The van der Waals surface area contributed by atoms with Crippen molar-refractivity contribution in [1.82, 2.24) is 0 Å². The second-order valence-electron chi connectivity index (χ2n) is 6.01. The van der Waals surface area contributed by atoms with Crippen LogP contribution in [0.25, 0.3) is 0 Å². The summed E-state index contributed by atoms with van der Waals surface area (Å²) in [6, 6.07) is 0. The lowest BCUT2D eigenvalue weighted by atomic mass is 9.94. The van der Waals surface area contributed by atoms with Crippen molar-refractivity contribution in [3.05, 3.63) is 0 Å². The molecular formula is C13H24O5S. The van der Waals surface area contributed by atoms with Gasteiger partial charge in [-0.2, -0.15) is 0 Å². The summed E-state index contributed by atoms with van der Waals surface area (Å²) in [5.41, 5.74) is 0. The maximum atomic E-state index is 12.1. The molecule has 1 aliphatic rings. The topological polar surface area (TPSA) is 72.8 Å². The van der Waals surface area contributed by atoms with Gasteiger partial charge in [-0.25, -0.2) is 0 Å². The van der Waals surface area contributed by atoms with Crippen molar-refractivity contribution in [3.8, 4) is 0 Å². The first-order valence-corrected chi connectivity index (χ1v) is 7.77. The van der Waals surface area contributed by atoms with E-state index in [4.69, 9.17) is 9.47 Å². The zero-order chi connectivity index (χ0) is 14.8. The molecule has 0 spiro atoms. The normalized spacial score (nSPS) is 23.9. The summed E-state index contributed by atoms with van der Waals surface area (Å²) in [7, 11) is -1.26. The number of hydrogen-bond donors (Lipinski definition) is 1. The fourth-order valence-corrected chi connectivity index (χ4v) is 2.76.